The molecule has 8 heteroatoms. The van der Waals surface area contributed by atoms with Crippen molar-refractivity contribution in [2.75, 3.05) is 32.1 Å². The van der Waals surface area contributed by atoms with Crippen LogP contribution in [0.15, 0.2) is 24.5 Å². The summed E-state index contributed by atoms with van der Waals surface area (Å²) in [7, 11) is 5.77. The van der Waals surface area contributed by atoms with E-state index in [1.165, 1.54) is 11.3 Å². The molecule has 132 valence electrons. The van der Waals surface area contributed by atoms with E-state index in [1.807, 2.05) is 45.1 Å². The smallest absolute Gasteiger partial charge is 0.296 e. The molecule has 0 atom stereocenters. The number of hydrogen-bond donors (Lipinski definition) is 0. The Morgan fingerprint density at radius 2 is 2.08 bits per heavy atom. The van der Waals surface area contributed by atoms with Gasteiger partial charge < -0.3 is 9.47 Å². The highest BCUT2D eigenvalue weighted by Crippen LogP contribution is 2.33. The Labute approximate surface area is 155 Å². The normalized spacial score (nSPS) is 11.4. The average Bonchev–Trinajstić information content (AvgIpc) is 3.13. The second-order valence-corrected chi connectivity index (χ2v) is 7.63. The van der Waals surface area contributed by atoms with Crippen molar-refractivity contribution in [1.29, 1.82) is 0 Å². The van der Waals surface area contributed by atoms with Crippen molar-refractivity contribution in [3.05, 3.63) is 40.9 Å². The summed E-state index contributed by atoms with van der Waals surface area (Å²) < 4.78 is 2.70. The van der Waals surface area contributed by atoms with E-state index in [4.69, 9.17) is 16.6 Å². The number of benzene rings is 1. The highest BCUT2D eigenvalue weighted by atomic mass is 35.5. The maximum atomic E-state index is 13.0. The fraction of sp³-hybridized carbons (Fsp3) is 0.353. The molecule has 0 radical (unpaired) electrons. The van der Waals surface area contributed by atoms with Crippen molar-refractivity contribution in [3.8, 4) is 0 Å². The molecule has 0 bridgehead atoms. The van der Waals surface area contributed by atoms with E-state index in [0.717, 1.165) is 22.3 Å². The van der Waals surface area contributed by atoms with Crippen LogP contribution in [0.4, 0.5) is 5.13 Å². The van der Waals surface area contributed by atoms with Gasteiger partial charge in [0, 0.05) is 37.6 Å². The molecule has 2 aromatic heterocycles. The Morgan fingerprint density at radius 1 is 1.32 bits per heavy atom. The molecule has 0 spiro atoms. The number of hydrogen-bond acceptors (Lipinski definition) is 5. The van der Waals surface area contributed by atoms with Gasteiger partial charge in [0.25, 0.3) is 5.91 Å². The van der Waals surface area contributed by atoms with E-state index in [9.17, 15) is 4.79 Å². The van der Waals surface area contributed by atoms with Crippen LogP contribution in [0.1, 0.15) is 16.2 Å². The molecule has 6 nitrogen and oxygen atoms in total. The number of rotatable bonds is 5. The zero-order valence-electron chi connectivity index (χ0n) is 14.7. The molecule has 0 saturated heterocycles. The lowest BCUT2D eigenvalue weighted by molar-refractivity contribution is 0.0972. The Bertz CT molecular complexity index is 917. The van der Waals surface area contributed by atoms with Crippen LogP contribution in [-0.4, -0.2) is 52.5 Å². The third-order valence-electron chi connectivity index (χ3n) is 3.90. The first-order valence-electron chi connectivity index (χ1n) is 7.87. The van der Waals surface area contributed by atoms with Crippen molar-refractivity contribution >= 4 is 44.2 Å². The fourth-order valence-corrected chi connectivity index (χ4v) is 3.98. The molecule has 1 amide bonds. The first-order valence-corrected chi connectivity index (χ1v) is 9.07. The standard InChI is InChI=1S/C17H20ClN5OS/c1-11-9-12(18)10-13-14(11)20-17(25-13)23(8-7-21(2)3)16(24)15-19-5-6-22(15)4/h5-6,9-10H,7-8H2,1-4H3. The minimum absolute atomic E-state index is 0.155. The molecule has 3 rings (SSSR count). The second kappa shape index (κ2) is 7.11. The largest absolute Gasteiger partial charge is 0.330 e. The summed E-state index contributed by atoms with van der Waals surface area (Å²) in [6.07, 6.45) is 3.39. The van der Waals surface area contributed by atoms with Gasteiger partial charge in [-0.05, 0) is 38.7 Å². The number of carbonyl (C=O) groups is 1. The molecule has 0 fully saturated rings. The van der Waals surface area contributed by atoms with Gasteiger partial charge in [0.1, 0.15) is 0 Å². The van der Waals surface area contributed by atoms with Gasteiger partial charge in [-0.3, -0.25) is 9.69 Å². The minimum atomic E-state index is -0.155. The lowest BCUT2D eigenvalue weighted by Gasteiger charge is -2.21. The van der Waals surface area contributed by atoms with Crippen molar-refractivity contribution < 1.29 is 4.79 Å². The van der Waals surface area contributed by atoms with E-state index >= 15 is 0 Å². The van der Waals surface area contributed by atoms with E-state index < -0.39 is 0 Å². The Morgan fingerprint density at radius 3 is 2.72 bits per heavy atom. The van der Waals surface area contributed by atoms with Gasteiger partial charge in [-0.25, -0.2) is 9.97 Å². The molecule has 0 N–H and O–H groups in total. The van der Waals surface area contributed by atoms with Gasteiger partial charge in [0.2, 0.25) is 0 Å². The number of imidazole rings is 1. The van der Waals surface area contributed by atoms with Crippen molar-refractivity contribution in [1.82, 2.24) is 19.4 Å². The number of anilines is 1. The summed E-state index contributed by atoms with van der Waals surface area (Å²) in [6, 6.07) is 3.78. The Hall–Kier alpha value is -1.96. The predicted molar refractivity (Wildman–Crippen MR) is 103 cm³/mol. The number of fused-ring (bicyclic) bond motifs is 1. The van der Waals surface area contributed by atoms with Crippen LogP contribution in [-0.2, 0) is 7.05 Å². The zero-order valence-corrected chi connectivity index (χ0v) is 16.2. The number of halogens is 1. The second-order valence-electron chi connectivity index (χ2n) is 6.19. The average molecular weight is 378 g/mol. The van der Waals surface area contributed by atoms with Crippen LogP contribution in [0.2, 0.25) is 5.02 Å². The minimum Gasteiger partial charge on any atom is -0.330 e. The Kier molecular flexibility index (Phi) is 5.08. The summed E-state index contributed by atoms with van der Waals surface area (Å²) in [4.78, 5) is 25.7. The summed E-state index contributed by atoms with van der Waals surface area (Å²) in [6.45, 7) is 3.24. The third kappa shape index (κ3) is 3.68. The number of nitrogens with zero attached hydrogens (tertiary/aromatic N) is 5. The summed E-state index contributed by atoms with van der Waals surface area (Å²) in [5.41, 5.74) is 1.88. The predicted octanol–water partition coefficient (Wildman–Crippen LogP) is 3.20. The van der Waals surface area contributed by atoms with Gasteiger partial charge in [0.05, 0.1) is 10.2 Å². The lowest BCUT2D eigenvalue weighted by atomic mass is 10.2. The monoisotopic (exact) mass is 377 g/mol. The van der Waals surface area contributed by atoms with Crippen LogP contribution in [0.3, 0.4) is 0 Å². The molecule has 0 aliphatic rings. The Balaban J connectivity index is 2.03. The lowest BCUT2D eigenvalue weighted by Crippen LogP contribution is -2.38. The van der Waals surface area contributed by atoms with E-state index in [0.29, 0.717) is 22.5 Å². The van der Waals surface area contributed by atoms with Crippen molar-refractivity contribution in [2.45, 2.75) is 6.92 Å². The maximum absolute atomic E-state index is 13.0. The maximum Gasteiger partial charge on any atom is 0.296 e. The summed E-state index contributed by atoms with van der Waals surface area (Å²) in [5, 5.41) is 1.34. The molecular formula is C17H20ClN5OS. The molecule has 25 heavy (non-hydrogen) atoms. The number of carbonyl (C=O) groups excluding carboxylic acids is 1. The SMILES string of the molecule is Cc1cc(Cl)cc2sc(N(CCN(C)C)C(=O)c3nccn3C)nc12. The number of likely N-dealkylation sites (N-methyl/N-ethyl adjacent to an activating group) is 1. The van der Waals surface area contributed by atoms with Gasteiger partial charge in [-0.1, -0.05) is 22.9 Å². The van der Waals surface area contributed by atoms with E-state index in [-0.39, 0.29) is 5.91 Å². The van der Waals surface area contributed by atoms with Gasteiger partial charge >= 0.3 is 0 Å². The quantitative estimate of drug-likeness (QED) is 0.685. The van der Waals surface area contributed by atoms with Crippen LogP contribution < -0.4 is 4.90 Å². The molecule has 2 heterocycles. The first-order chi connectivity index (χ1) is 11.9. The van der Waals surface area contributed by atoms with Crippen molar-refractivity contribution in [2.24, 2.45) is 7.05 Å². The van der Waals surface area contributed by atoms with Gasteiger partial charge in [0.15, 0.2) is 11.0 Å². The van der Waals surface area contributed by atoms with Gasteiger partial charge in [-0.15, -0.1) is 0 Å². The van der Waals surface area contributed by atoms with Gasteiger partial charge in [-0.2, -0.15) is 0 Å². The molecule has 0 saturated carbocycles. The highest BCUT2D eigenvalue weighted by molar-refractivity contribution is 7.22. The van der Waals surface area contributed by atoms with Crippen molar-refractivity contribution in [3.63, 3.8) is 0 Å². The molecule has 0 unspecified atom stereocenters. The molecule has 0 aliphatic heterocycles. The zero-order chi connectivity index (χ0) is 18.1. The number of aromatic nitrogens is 3. The molecule has 1 aromatic carbocycles. The number of thiazole rings is 1. The first kappa shape index (κ1) is 17.8. The molecule has 0 aliphatic carbocycles. The van der Waals surface area contributed by atoms with E-state index in [2.05, 4.69) is 4.98 Å². The summed E-state index contributed by atoms with van der Waals surface area (Å²) >= 11 is 7.63. The molecule has 3 aromatic rings. The van der Waals surface area contributed by atoms with E-state index in [1.54, 1.807) is 21.9 Å². The third-order valence-corrected chi connectivity index (χ3v) is 5.14. The van der Waals surface area contributed by atoms with Crippen LogP contribution >= 0.6 is 22.9 Å². The topological polar surface area (TPSA) is 54.3 Å². The van der Waals surface area contributed by atoms with Crippen LogP contribution in [0.5, 0.6) is 0 Å². The fourth-order valence-electron chi connectivity index (χ4n) is 2.53. The number of amides is 1. The number of aryl methyl sites for hydroxylation is 2. The summed E-state index contributed by atoms with van der Waals surface area (Å²) in [5.74, 6) is 0.241. The van der Waals surface area contributed by atoms with Crippen LogP contribution in [0.25, 0.3) is 10.2 Å². The highest BCUT2D eigenvalue weighted by Gasteiger charge is 2.24. The molecular weight excluding hydrogens is 358 g/mol. The van der Waals surface area contributed by atoms with Crippen LogP contribution in [0, 0.1) is 6.92 Å².